The van der Waals surface area contributed by atoms with Crippen molar-refractivity contribution in [3.63, 3.8) is 0 Å². The maximum absolute atomic E-state index is 9.03. The fourth-order valence-electron chi connectivity index (χ4n) is 8.87. The average molecular weight is 854 g/mol. The van der Waals surface area contributed by atoms with E-state index in [1.165, 1.54) is 5.56 Å². The largest absolute Gasteiger partial charge is 0.458 e. The number of aromatic nitrogens is 4. The van der Waals surface area contributed by atoms with Gasteiger partial charge in [0.15, 0.2) is 0 Å². The number of fused-ring (bicyclic) bond motifs is 4. The highest BCUT2D eigenvalue weighted by atomic mass is 16.5. The minimum atomic E-state index is -0.481. The highest BCUT2D eigenvalue weighted by molar-refractivity contribution is 6.09. The second kappa shape index (κ2) is 15.8. The molecule has 5 heteroatoms. The van der Waals surface area contributed by atoms with E-state index in [1.54, 1.807) is 0 Å². The highest BCUT2D eigenvalue weighted by Gasteiger charge is 2.27. The van der Waals surface area contributed by atoms with Gasteiger partial charge in [0, 0.05) is 23.0 Å². The van der Waals surface area contributed by atoms with Crippen LogP contribution in [0.3, 0.4) is 0 Å². The van der Waals surface area contributed by atoms with Crippen molar-refractivity contribution in [2.24, 2.45) is 0 Å². The number of hydrogen-bond acceptors (Lipinski definition) is 2. The van der Waals surface area contributed by atoms with Gasteiger partial charge < -0.3 is 4.74 Å². The Morgan fingerprint density at radius 1 is 0.554 bits per heavy atom. The molecule has 0 saturated carbocycles. The van der Waals surface area contributed by atoms with E-state index in [0.29, 0.717) is 17.1 Å². The molecule has 0 aliphatic rings. The van der Waals surface area contributed by atoms with Crippen LogP contribution in [0.1, 0.15) is 85.9 Å². The molecular weight excluding hydrogens is 793 g/mol. The summed E-state index contributed by atoms with van der Waals surface area (Å²) in [6, 6.07) is 46.0. The SMILES string of the molecule is [2H]c1c([2H])c([2H])c(-c2cc(-c3cccc(C(C)(C)C)c3)c(-[n+]3[c-]n(-c4cccc(Oc5ccc6c7ccccc7n(-c7cc(C(C)(C)C)ccn7)c6c5)c4)c4ccccc43)c(C(C)(C)C)c2)c([2H])c1[2H]. The Kier molecular flexibility index (Phi) is 8.77. The number of nitrogens with zero attached hydrogens (tertiary/aromatic N) is 4. The van der Waals surface area contributed by atoms with Gasteiger partial charge in [-0.3, -0.25) is 13.7 Å². The number of pyridine rings is 1. The molecule has 10 aromatic rings. The minimum Gasteiger partial charge on any atom is -0.458 e. The molecule has 0 N–H and O–H groups in total. The number of imidazole rings is 1. The molecule has 0 aliphatic heterocycles. The van der Waals surface area contributed by atoms with Gasteiger partial charge in [-0.25, -0.2) is 4.98 Å². The summed E-state index contributed by atoms with van der Waals surface area (Å²) in [6.45, 7) is 19.6. The molecule has 0 atom stereocenters. The summed E-state index contributed by atoms with van der Waals surface area (Å²) < 4.78 is 56.8. The van der Waals surface area contributed by atoms with E-state index in [2.05, 4.69) is 173 Å². The Morgan fingerprint density at radius 2 is 1.25 bits per heavy atom. The van der Waals surface area contributed by atoms with E-state index >= 15 is 0 Å². The summed E-state index contributed by atoms with van der Waals surface area (Å²) in [6.07, 6.45) is 5.67. The summed E-state index contributed by atoms with van der Waals surface area (Å²) in [5.74, 6) is 2.20. The Bertz CT molecular complexity index is 3690. The molecule has 0 bridgehead atoms. The number of benzene rings is 7. The zero-order valence-corrected chi connectivity index (χ0v) is 38.6. The summed E-state index contributed by atoms with van der Waals surface area (Å²) in [5.41, 5.74) is 10.7. The molecule has 10 rings (SSSR count). The molecular formula is C60H56N4O. The first-order valence-electron chi connectivity index (χ1n) is 24.8. The Morgan fingerprint density at radius 3 is 2.02 bits per heavy atom. The smallest absolute Gasteiger partial charge is 0.269 e. The minimum absolute atomic E-state index is 0.0469. The normalized spacial score (nSPS) is 13.5. The topological polar surface area (TPSA) is 35.9 Å². The third-order valence-electron chi connectivity index (χ3n) is 12.3. The molecule has 3 aromatic heterocycles. The Labute approximate surface area is 390 Å². The van der Waals surface area contributed by atoms with Crippen LogP contribution in [0.2, 0.25) is 0 Å². The van der Waals surface area contributed by atoms with Gasteiger partial charge in [0.2, 0.25) is 0 Å². The maximum Gasteiger partial charge on any atom is 0.269 e. The van der Waals surface area contributed by atoms with Crippen molar-refractivity contribution >= 4 is 32.8 Å². The standard InChI is InChI=1S/C60H56N4O/c1-58(2,3)43-22-17-21-41(33-43)50-34-42(40-19-11-10-12-20-40)35-51(60(7,8)9)57(50)63-39-62(53-27-15-16-28-54(53)63)45-23-18-24-46(37-45)65-47-29-30-49-48-25-13-14-26-52(48)64(55(49)38-47)56-36-44(31-32-61-56)59(4,5)6/h10-38H,1-9H3/i10D,11D,12D,19D,20D. The summed E-state index contributed by atoms with van der Waals surface area (Å²) in [5, 5.41) is 2.25. The Hall–Kier alpha value is -7.24. The van der Waals surface area contributed by atoms with Gasteiger partial charge in [-0.05, 0) is 110 Å². The Balaban J connectivity index is 1.14. The lowest BCUT2D eigenvalue weighted by Gasteiger charge is -2.28. The highest BCUT2D eigenvalue weighted by Crippen LogP contribution is 2.41. The van der Waals surface area contributed by atoms with Crippen LogP contribution >= 0.6 is 0 Å². The molecule has 0 radical (unpaired) electrons. The van der Waals surface area contributed by atoms with Crippen LogP contribution in [-0.2, 0) is 16.2 Å². The number of rotatable bonds is 7. The van der Waals surface area contributed by atoms with Gasteiger partial charge in [0.05, 0.1) is 40.3 Å². The van der Waals surface area contributed by atoms with Crippen LogP contribution in [0.25, 0.3) is 72.3 Å². The van der Waals surface area contributed by atoms with Crippen LogP contribution in [0, 0.1) is 6.33 Å². The second-order valence-corrected chi connectivity index (χ2v) is 20.0. The third kappa shape index (κ3) is 7.80. The lowest BCUT2D eigenvalue weighted by molar-refractivity contribution is -0.572. The molecule has 322 valence electrons. The average Bonchev–Trinajstić information content (AvgIpc) is 3.88. The second-order valence-electron chi connectivity index (χ2n) is 20.0. The van der Waals surface area contributed by atoms with Crippen LogP contribution < -0.4 is 9.30 Å². The van der Waals surface area contributed by atoms with Crippen molar-refractivity contribution in [1.29, 1.82) is 0 Å². The first kappa shape index (κ1) is 36.1. The molecule has 0 unspecified atom stereocenters. The zero-order valence-electron chi connectivity index (χ0n) is 43.6. The van der Waals surface area contributed by atoms with Crippen LogP contribution in [-0.4, -0.2) is 14.1 Å². The van der Waals surface area contributed by atoms with Gasteiger partial charge in [-0.1, -0.05) is 171 Å². The van der Waals surface area contributed by atoms with Crippen LogP contribution in [0.15, 0.2) is 176 Å². The van der Waals surface area contributed by atoms with Crippen LogP contribution in [0.5, 0.6) is 11.5 Å². The first-order valence-corrected chi connectivity index (χ1v) is 22.3. The van der Waals surface area contributed by atoms with Crippen molar-refractivity contribution in [1.82, 2.24) is 14.1 Å². The van der Waals surface area contributed by atoms with Crippen molar-refractivity contribution in [2.45, 2.75) is 78.6 Å². The predicted molar refractivity (Wildman–Crippen MR) is 269 cm³/mol. The fourth-order valence-corrected chi connectivity index (χ4v) is 8.87. The van der Waals surface area contributed by atoms with Crippen LogP contribution in [0.4, 0.5) is 0 Å². The van der Waals surface area contributed by atoms with E-state index in [4.69, 9.17) is 16.6 Å². The number of ether oxygens (including phenoxy) is 1. The lowest BCUT2D eigenvalue weighted by atomic mass is 9.80. The molecule has 0 aliphatic carbocycles. The quantitative estimate of drug-likeness (QED) is 0.118. The molecule has 7 aromatic carbocycles. The lowest BCUT2D eigenvalue weighted by Crippen LogP contribution is -2.35. The van der Waals surface area contributed by atoms with E-state index < -0.39 is 11.5 Å². The molecule has 0 amide bonds. The fraction of sp³-hybridized carbons (Fsp3) is 0.200. The number of para-hydroxylation sites is 3. The van der Waals surface area contributed by atoms with Gasteiger partial charge >= 0.3 is 0 Å². The summed E-state index contributed by atoms with van der Waals surface area (Å²) >= 11 is 0. The summed E-state index contributed by atoms with van der Waals surface area (Å²) in [4.78, 5) is 4.87. The van der Waals surface area contributed by atoms with E-state index in [0.717, 1.165) is 72.3 Å². The molecule has 5 nitrogen and oxygen atoms in total. The molecule has 0 saturated heterocycles. The molecule has 0 spiro atoms. The van der Waals surface area contributed by atoms with E-state index in [1.807, 2.05) is 54.7 Å². The van der Waals surface area contributed by atoms with E-state index in [-0.39, 0.29) is 40.6 Å². The third-order valence-corrected chi connectivity index (χ3v) is 12.3. The zero-order chi connectivity index (χ0) is 49.6. The van der Waals surface area contributed by atoms with Gasteiger partial charge in [-0.15, -0.1) is 0 Å². The monoisotopic (exact) mass is 853 g/mol. The molecule has 65 heavy (non-hydrogen) atoms. The summed E-state index contributed by atoms with van der Waals surface area (Å²) in [7, 11) is 0. The van der Waals surface area contributed by atoms with Gasteiger partial charge in [0.25, 0.3) is 6.33 Å². The first-order chi connectivity index (χ1) is 33.2. The molecule has 3 heterocycles. The van der Waals surface area contributed by atoms with E-state index in [9.17, 15) is 0 Å². The maximum atomic E-state index is 9.03. The van der Waals surface area contributed by atoms with Crippen molar-refractivity contribution in [2.75, 3.05) is 0 Å². The predicted octanol–water partition coefficient (Wildman–Crippen LogP) is 15.2. The van der Waals surface area contributed by atoms with Gasteiger partial charge in [0.1, 0.15) is 17.3 Å². The molecule has 0 fully saturated rings. The van der Waals surface area contributed by atoms with Crippen molar-refractivity contribution < 1.29 is 16.2 Å². The van der Waals surface area contributed by atoms with Gasteiger partial charge in [-0.2, -0.15) is 0 Å². The van der Waals surface area contributed by atoms with Crippen molar-refractivity contribution in [3.05, 3.63) is 199 Å². The van der Waals surface area contributed by atoms with Crippen molar-refractivity contribution in [3.8, 4) is 50.9 Å². The number of hydrogen-bond donors (Lipinski definition) is 0.